The van der Waals surface area contributed by atoms with Crippen molar-refractivity contribution in [3.05, 3.63) is 99.5 Å². The van der Waals surface area contributed by atoms with Crippen LogP contribution in [-0.4, -0.2) is 28.7 Å². The molecule has 1 unspecified atom stereocenters. The number of hydrogen-bond donors (Lipinski definition) is 0. The summed E-state index contributed by atoms with van der Waals surface area (Å²) in [6, 6.07) is 21.2. The Morgan fingerprint density at radius 2 is 1.68 bits per heavy atom. The van der Waals surface area contributed by atoms with Crippen LogP contribution in [0.25, 0.3) is 0 Å². The van der Waals surface area contributed by atoms with Gasteiger partial charge in [0.15, 0.2) is 0 Å². The standard InChI is InChI=1S/C26H19Cl2N3O3/c27-20-9-5-17(6-10-20)13-24(32)30(16-19-3-1-2-4-22(19)28)23-14-25(33)31(26(23)34)21-11-7-18(15-29)8-12-21/h1-12,23H,13-14,16H2. The molecule has 1 atom stereocenters. The predicted octanol–water partition coefficient (Wildman–Crippen LogP) is 4.77. The molecule has 6 nitrogen and oxygen atoms in total. The highest BCUT2D eigenvalue weighted by molar-refractivity contribution is 6.31. The first-order valence-electron chi connectivity index (χ1n) is 10.5. The Balaban J connectivity index is 1.64. The van der Waals surface area contributed by atoms with E-state index >= 15 is 0 Å². The fourth-order valence-electron chi connectivity index (χ4n) is 3.88. The molecule has 8 heteroatoms. The second-order valence-corrected chi connectivity index (χ2v) is 8.71. The zero-order chi connectivity index (χ0) is 24.2. The van der Waals surface area contributed by atoms with E-state index in [1.165, 1.54) is 17.0 Å². The monoisotopic (exact) mass is 491 g/mol. The number of amides is 3. The summed E-state index contributed by atoms with van der Waals surface area (Å²) in [5.41, 5.74) is 2.18. The number of benzene rings is 3. The van der Waals surface area contributed by atoms with Crippen molar-refractivity contribution in [1.29, 1.82) is 5.26 Å². The van der Waals surface area contributed by atoms with Crippen LogP contribution in [0, 0.1) is 11.3 Å². The van der Waals surface area contributed by atoms with Crippen molar-refractivity contribution in [3.8, 4) is 6.07 Å². The van der Waals surface area contributed by atoms with Gasteiger partial charge in [0.05, 0.1) is 30.2 Å². The van der Waals surface area contributed by atoms with Gasteiger partial charge in [0.2, 0.25) is 11.8 Å². The van der Waals surface area contributed by atoms with Gasteiger partial charge in [-0.15, -0.1) is 0 Å². The molecule has 1 fully saturated rings. The molecule has 34 heavy (non-hydrogen) atoms. The van der Waals surface area contributed by atoms with Crippen molar-refractivity contribution in [1.82, 2.24) is 4.90 Å². The van der Waals surface area contributed by atoms with Gasteiger partial charge in [-0.25, -0.2) is 4.90 Å². The van der Waals surface area contributed by atoms with E-state index in [1.807, 2.05) is 6.07 Å². The third kappa shape index (κ3) is 4.96. The van der Waals surface area contributed by atoms with Crippen LogP contribution >= 0.6 is 23.2 Å². The quantitative estimate of drug-likeness (QED) is 0.465. The third-order valence-electron chi connectivity index (χ3n) is 5.64. The molecule has 3 aromatic carbocycles. The van der Waals surface area contributed by atoms with Gasteiger partial charge in [-0.1, -0.05) is 53.5 Å². The number of nitriles is 1. The average Bonchev–Trinajstić information content (AvgIpc) is 3.13. The van der Waals surface area contributed by atoms with Gasteiger partial charge in [-0.2, -0.15) is 5.26 Å². The lowest BCUT2D eigenvalue weighted by atomic mass is 10.1. The Bertz CT molecular complexity index is 1280. The van der Waals surface area contributed by atoms with Crippen molar-refractivity contribution >= 4 is 46.6 Å². The van der Waals surface area contributed by atoms with E-state index in [4.69, 9.17) is 28.5 Å². The van der Waals surface area contributed by atoms with Crippen molar-refractivity contribution in [2.75, 3.05) is 4.90 Å². The predicted molar refractivity (Wildman–Crippen MR) is 129 cm³/mol. The number of carbonyl (C=O) groups is 3. The van der Waals surface area contributed by atoms with Gasteiger partial charge in [0.25, 0.3) is 5.91 Å². The van der Waals surface area contributed by atoms with Gasteiger partial charge in [0.1, 0.15) is 6.04 Å². The number of nitrogens with zero attached hydrogens (tertiary/aromatic N) is 3. The molecule has 0 N–H and O–H groups in total. The lowest BCUT2D eigenvalue weighted by Crippen LogP contribution is -2.45. The van der Waals surface area contributed by atoms with Gasteiger partial charge >= 0.3 is 0 Å². The van der Waals surface area contributed by atoms with Crippen LogP contribution in [0.15, 0.2) is 72.8 Å². The second-order valence-electron chi connectivity index (χ2n) is 7.86. The van der Waals surface area contributed by atoms with Crippen molar-refractivity contribution in [2.24, 2.45) is 0 Å². The highest BCUT2D eigenvalue weighted by Gasteiger charge is 2.44. The topological polar surface area (TPSA) is 81.5 Å². The van der Waals surface area contributed by atoms with Crippen molar-refractivity contribution < 1.29 is 14.4 Å². The van der Waals surface area contributed by atoms with Crippen LogP contribution in [0.5, 0.6) is 0 Å². The average molecular weight is 492 g/mol. The molecule has 0 bridgehead atoms. The summed E-state index contributed by atoms with van der Waals surface area (Å²) in [4.78, 5) is 42.1. The minimum Gasteiger partial charge on any atom is -0.325 e. The maximum absolute atomic E-state index is 13.4. The molecule has 0 aliphatic carbocycles. The Hall–Kier alpha value is -3.66. The van der Waals surface area contributed by atoms with E-state index in [0.717, 1.165) is 10.5 Å². The maximum Gasteiger partial charge on any atom is 0.257 e. The molecule has 3 amide bonds. The summed E-state index contributed by atoms with van der Waals surface area (Å²) >= 11 is 12.3. The minimum atomic E-state index is -0.973. The Kier molecular flexibility index (Phi) is 6.97. The van der Waals surface area contributed by atoms with Crippen LogP contribution < -0.4 is 4.90 Å². The SMILES string of the molecule is N#Cc1ccc(N2C(=O)CC(N(Cc3ccccc3Cl)C(=O)Cc3ccc(Cl)cc3)C2=O)cc1. The molecule has 0 aromatic heterocycles. The maximum atomic E-state index is 13.4. The molecular formula is C26H19Cl2N3O3. The number of hydrogen-bond acceptors (Lipinski definition) is 4. The van der Waals surface area contributed by atoms with E-state index in [0.29, 0.717) is 26.9 Å². The van der Waals surface area contributed by atoms with Crippen LogP contribution in [0.1, 0.15) is 23.1 Å². The van der Waals surface area contributed by atoms with Crippen molar-refractivity contribution in [3.63, 3.8) is 0 Å². The van der Waals surface area contributed by atoms with E-state index in [-0.39, 0.29) is 25.3 Å². The molecule has 4 rings (SSSR count). The zero-order valence-electron chi connectivity index (χ0n) is 17.9. The Morgan fingerprint density at radius 3 is 2.32 bits per heavy atom. The molecule has 0 radical (unpaired) electrons. The first kappa shape index (κ1) is 23.5. The normalized spacial score (nSPS) is 15.3. The summed E-state index contributed by atoms with van der Waals surface area (Å²) in [7, 11) is 0. The fraction of sp³-hybridized carbons (Fsp3) is 0.154. The number of halogens is 2. The molecule has 1 aliphatic heterocycles. The molecule has 0 spiro atoms. The number of rotatable bonds is 6. The van der Waals surface area contributed by atoms with Gasteiger partial charge in [0, 0.05) is 16.6 Å². The summed E-state index contributed by atoms with van der Waals surface area (Å²) in [5, 5.41) is 10.0. The summed E-state index contributed by atoms with van der Waals surface area (Å²) < 4.78 is 0. The number of anilines is 1. The highest BCUT2D eigenvalue weighted by Crippen LogP contribution is 2.29. The first-order valence-corrected chi connectivity index (χ1v) is 11.3. The largest absolute Gasteiger partial charge is 0.325 e. The molecule has 1 heterocycles. The molecule has 1 saturated heterocycles. The summed E-state index contributed by atoms with van der Waals surface area (Å²) in [6.45, 7) is 0.0804. The van der Waals surface area contributed by atoms with Crippen molar-refractivity contribution in [2.45, 2.75) is 25.4 Å². The van der Waals surface area contributed by atoms with E-state index < -0.39 is 17.9 Å². The first-order chi connectivity index (χ1) is 16.4. The van der Waals surface area contributed by atoms with E-state index in [9.17, 15) is 14.4 Å². The van der Waals surface area contributed by atoms with Gasteiger partial charge in [-0.3, -0.25) is 14.4 Å². The lowest BCUT2D eigenvalue weighted by molar-refractivity contribution is -0.138. The molecule has 170 valence electrons. The molecule has 3 aromatic rings. The lowest BCUT2D eigenvalue weighted by Gasteiger charge is -2.28. The highest BCUT2D eigenvalue weighted by atomic mass is 35.5. The minimum absolute atomic E-state index is 0.0382. The van der Waals surface area contributed by atoms with Gasteiger partial charge < -0.3 is 4.90 Å². The number of imide groups is 1. The summed E-state index contributed by atoms with van der Waals surface area (Å²) in [5.74, 6) is -1.22. The Labute approximate surface area is 206 Å². The van der Waals surface area contributed by atoms with Crippen LogP contribution in [0.2, 0.25) is 10.0 Å². The zero-order valence-corrected chi connectivity index (χ0v) is 19.5. The molecule has 1 aliphatic rings. The van der Waals surface area contributed by atoms with Crippen LogP contribution in [0.3, 0.4) is 0 Å². The fourth-order valence-corrected chi connectivity index (χ4v) is 4.20. The van der Waals surface area contributed by atoms with Gasteiger partial charge in [-0.05, 0) is 53.6 Å². The number of carbonyl (C=O) groups excluding carboxylic acids is 3. The van der Waals surface area contributed by atoms with E-state index in [2.05, 4.69) is 0 Å². The smallest absolute Gasteiger partial charge is 0.257 e. The van der Waals surface area contributed by atoms with Crippen LogP contribution in [0.4, 0.5) is 5.69 Å². The molecular weight excluding hydrogens is 473 g/mol. The Morgan fingerprint density at radius 1 is 1.00 bits per heavy atom. The molecule has 0 saturated carbocycles. The second kappa shape index (κ2) is 10.1. The van der Waals surface area contributed by atoms with Crippen LogP contribution in [-0.2, 0) is 27.3 Å². The van der Waals surface area contributed by atoms with E-state index in [1.54, 1.807) is 60.7 Å². The summed E-state index contributed by atoms with van der Waals surface area (Å²) in [6.07, 6.45) is -0.105. The third-order valence-corrected chi connectivity index (χ3v) is 6.26.